The Bertz CT molecular complexity index is 484. The number of para-hydroxylation sites is 1. The van der Waals surface area contributed by atoms with Crippen LogP contribution in [0.3, 0.4) is 0 Å². The zero-order valence-corrected chi connectivity index (χ0v) is 9.52. The summed E-state index contributed by atoms with van der Waals surface area (Å²) >= 11 is 0. The molecule has 1 nitrogen and oxygen atoms in total. The number of rotatable bonds is 1. The van der Waals surface area contributed by atoms with Crippen LogP contribution in [0.2, 0.25) is 0 Å². The molecule has 16 heavy (non-hydrogen) atoms. The lowest BCUT2D eigenvalue weighted by Crippen LogP contribution is -2.04. The highest BCUT2D eigenvalue weighted by Gasteiger charge is 2.15. The van der Waals surface area contributed by atoms with Gasteiger partial charge in [0.1, 0.15) is 0 Å². The molecule has 0 spiro atoms. The third-order valence-electron chi connectivity index (χ3n) is 3.69. The highest BCUT2D eigenvalue weighted by molar-refractivity contribution is 5.78. The first-order chi connectivity index (χ1) is 7.93. The van der Waals surface area contributed by atoms with Crippen LogP contribution >= 0.6 is 0 Å². The van der Waals surface area contributed by atoms with E-state index >= 15 is 0 Å². The summed E-state index contributed by atoms with van der Waals surface area (Å²) in [5.74, 6) is 0.755. The Morgan fingerprint density at radius 2 is 1.81 bits per heavy atom. The SMILES string of the molecule is c1ccc2ncc(C3CCCCC3)cc2c1. The molecule has 1 heterocycles. The van der Waals surface area contributed by atoms with Gasteiger partial charge in [-0.1, -0.05) is 37.5 Å². The predicted molar refractivity (Wildman–Crippen MR) is 67.6 cm³/mol. The average Bonchev–Trinajstić information content (AvgIpc) is 2.39. The molecule has 1 aliphatic carbocycles. The zero-order valence-electron chi connectivity index (χ0n) is 9.52. The molecule has 0 aliphatic heterocycles. The summed E-state index contributed by atoms with van der Waals surface area (Å²) < 4.78 is 0. The molecule has 1 aliphatic rings. The number of hydrogen-bond acceptors (Lipinski definition) is 1. The Morgan fingerprint density at radius 1 is 1.00 bits per heavy atom. The molecule has 0 saturated heterocycles. The summed E-state index contributed by atoms with van der Waals surface area (Å²) in [6, 6.07) is 10.7. The third-order valence-corrected chi connectivity index (χ3v) is 3.69. The molecule has 0 atom stereocenters. The summed E-state index contributed by atoms with van der Waals surface area (Å²) in [4.78, 5) is 4.56. The van der Waals surface area contributed by atoms with Crippen LogP contribution in [-0.4, -0.2) is 4.98 Å². The molecule has 0 bridgehead atoms. The van der Waals surface area contributed by atoms with E-state index in [1.165, 1.54) is 43.1 Å². The van der Waals surface area contributed by atoms with Gasteiger partial charge in [-0.3, -0.25) is 4.98 Å². The van der Waals surface area contributed by atoms with Crippen molar-refractivity contribution in [3.63, 3.8) is 0 Å². The topological polar surface area (TPSA) is 12.9 Å². The van der Waals surface area contributed by atoms with Gasteiger partial charge in [0.25, 0.3) is 0 Å². The second kappa shape index (κ2) is 4.25. The smallest absolute Gasteiger partial charge is 0.0702 e. The fourth-order valence-corrected chi connectivity index (χ4v) is 2.75. The van der Waals surface area contributed by atoms with Crippen molar-refractivity contribution in [2.75, 3.05) is 0 Å². The van der Waals surface area contributed by atoms with E-state index in [-0.39, 0.29) is 0 Å². The molecule has 1 saturated carbocycles. The number of pyridine rings is 1. The Kier molecular flexibility index (Phi) is 2.61. The first-order valence-corrected chi connectivity index (χ1v) is 6.28. The normalized spacial score (nSPS) is 17.8. The standard InChI is InChI=1S/C15H17N/c1-2-6-12(7-3-1)14-10-13-8-4-5-9-15(13)16-11-14/h4-5,8-12H,1-3,6-7H2. The van der Waals surface area contributed by atoms with Crippen molar-refractivity contribution in [1.29, 1.82) is 0 Å². The van der Waals surface area contributed by atoms with Crippen LogP contribution < -0.4 is 0 Å². The van der Waals surface area contributed by atoms with Crippen molar-refractivity contribution < 1.29 is 0 Å². The number of benzene rings is 1. The zero-order chi connectivity index (χ0) is 10.8. The van der Waals surface area contributed by atoms with Gasteiger partial charge in [-0.15, -0.1) is 0 Å². The lowest BCUT2D eigenvalue weighted by molar-refractivity contribution is 0.443. The summed E-state index contributed by atoms with van der Waals surface area (Å²) in [6.45, 7) is 0. The lowest BCUT2D eigenvalue weighted by atomic mass is 9.84. The molecule has 2 aromatic rings. The van der Waals surface area contributed by atoms with Crippen LogP contribution in [0, 0.1) is 0 Å². The maximum atomic E-state index is 4.56. The molecular formula is C15H17N. The fourth-order valence-electron chi connectivity index (χ4n) is 2.75. The van der Waals surface area contributed by atoms with Crippen molar-refractivity contribution in [3.8, 4) is 0 Å². The number of fused-ring (bicyclic) bond motifs is 1. The molecule has 1 fully saturated rings. The van der Waals surface area contributed by atoms with Crippen molar-refractivity contribution in [1.82, 2.24) is 4.98 Å². The summed E-state index contributed by atoms with van der Waals surface area (Å²) in [7, 11) is 0. The maximum absolute atomic E-state index is 4.56. The van der Waals surface area contributed by atoms with Crippen molar-refractivity contribution >= 4 is 10.9 Å². The average molecular weight is 211 g/mol. The van der Waals surface area contributed by atoms with E-state index in [1.807, 2.05) is 0 Å². The van der Waals surface area contributed by atoms with E-state index in [0.29, 0.717) is 0 Å². The molecular weight excluding hydrogens is 194 g/mol. The van der Waals surface area contributed by atoms with Crippen LogP contribution in [0.25, 0.3) is 10.9 Å². The van der Waals surface area contributed by atoms with Gasteiger partial charge in [0, 0.05) is 11.6 Å². The Hall–Kier alpha value is -1.37. The van der Waals surface area contributed by atoms with Gasteiger partial charge < -0.3 is 0 Å². The summed E-state index contributed by atoms with van der Waals surface area (Å²) in [6.07, 6.45) is 8.96. The van der Waals surface area contributed by atoms with Crippen LogP contribution in [0.4, 0.5) is 0 Å². The van der Waals surface area contributed by atoms with E-state index in [4.69, 9.17) is 0 Å². The van der Waals surface area contributed by atoms with E-state index in [1.54, 1.807) is 0 Å². The van der Waals surface area contributed by atoms with Gasteiger partial charge >= 0.3 is 0 Å². The minimum absolute atomic E-state index is 0.755. The first kappa shape index (κ1) is 9.83. The molecule has 0 radical (unpaired) electrons. The first-order valence-electron chi connectivity index (χ1n) is 6.28. The van der Waals surface area contributed by atoms with Crippen LogP contribution in [-0.2, 0) is 0 Å². The second-order valence-corrected chi connectivity index (χ2v) is 4.80. The van der Waals surface area contributed by atoms with Crippen molar-refractivity contribution in [2.45, 2.75) is 38.0 Å². The summed E-state index contributed by atoms with van der Waals surface area (Å²) in [5, 5.41) is 1.28. The monoisotopic (exact) mass is 211 g/mol. The van der Waals surface area contributed by atoms with Gasteiger partial charge in [0.2, 0.25) is 0 Å². The molecule has 1 aromatic heterocycles. The molecule has 82 valence electrons. The quantitative estimate of drug-likeness (QED) is 0.686. The van der Waals surface area contributed by atoms with Crippen LogP contribution in [0.1, 0.15) is 43.6 Å². The van der Waals surface area contributed by atoms with Gasteiger partial charge in [0.05, 0.1) is 5.52 Å². The predicted octanol–water partition coefficient (Wildman–Crippen LogP) is 4.28. The van der Waals surface area contributed by atoms with Gasteiger partial charge in [-0.2, -0.15) is 0 Å². The number of hydrogen-bond donors (Lipinski definition) is 0. The van der Waals surface area contributed by atoms with Gasteiger partial charge in [-0.05, 0) is 36.5 Å². The Labute approximate surface area is 96.5 Å². The minimum Gasteiger partial charge on any atom is -0.256 e. The van der Waals surface area contributed by atoms with Gasteiger partial charge in [-0.25, -0.2) is 0 Å². The van der Waals surface area contributed by atoms with E-state index in [0.717, 1.165) is 11.4 Å². The molecule has 1 aromatic carbocycles. The number of nitrogens with zero attached hydrogens (tertiary/aromatic N) is 1. The van der Waals surface area contributed by atoms with E-state index < -0.39 is 0 Å². The van der Waals surface area contributed by atoms with Gasteiger partial charge in [0.15, 0.2) is 0 Å². The van der Waals surface area contributed by atoms with E-state index in [9.17, 15) is 0 Å². The van der Waals surface area contributed by atoms with Crippen LogP contribution in [0.15, 0.2) is 36.5 Å². The van der Waals surface area contributed by atoms with Crippen molar-refractivity contribution in [3.05, 3.63) is 42.1 Å². The highest BCUT2D eigenvalue weighted by Crippen LogP contribution is 2.33. The molecule has 3 rings (SSSR count). The molecule has 0 N–H and O–H groups in total. The molecule has 0 amide bonds. The molecule has 1 heteroatoms. The third kappa shape index (κ3) is 1.82. The maximum Gasteiger partial charge on any atom is 0.0702 e. The van der Waals surface area contributed by atoms with E-state index in [2.05, 4.69) is 41.5 Å². The number of aromatic nitrogens is 1. The lowest BCUT2D eigenvalue weighted by Gasteiger charge is -2.21. The largest absolute Gasteiger partial charge is 0.256 e. The Morgan fingerprint density at radius 3 is 2.69 bits per heavy atom. The molecule has 0 unspecified atom stereocenters. The van der Waals surface area contributed by atoms with Crippen molar-refractivity contribution in [2.24, 2.45) is 0 Å². The Balaban J connectivity index is 1.97. The minimum atomic E-state index is 0.755. The summed E-state index contributed by atoms with van der Waals surface area (Å²) in [5.41, 5.74) is 2.56. The highest BCUT2D eigenvalue weighted by atomic mass is 14.6. The second-order valence-electron chi connectivity index (χ2n) is 4.80. The van der Waals surface area contributed by atoms with Crippen LogP contribution in [0.5, 0.6) is 0 Å². The fraction of sp³-hybridized carbons (Fsp3) is 0.400.